The summed E-state index contributed by atoms with van der Waals surface area (Å²) in [5.74, 6) is -1.81. The van der Waals surface area contributed by atoms with Crippen LogP contribution < -0.4 is 5.32 Å². The molecule has 0 unspecified atom stereocenters. The number of carbonyl (C=O) groups is 3. The number of ether oxygens (including phenoxy) is 1. The quantitative estimate of drug-likeness (QED) is 0.570. The average Bonchev–Trinajstić information content (AvgIpc) is 3.44. The van der Waals surface area contributed by atoms with Gasteiger partial charge in [-0.3, -0.25) is 10.1 Å². The van der Waals surface area contributed by atoms with Crippen molar-refractivity contribution in [2.24, 2.45) is 0 Å². The number of aliphatic carboxylic acids is 1. The van der Waals surface area contributed by atoms with E-state index in [1.54, 1.807) is 0 Å². The Bertz CT molecular complexity index is 1200. The maximum Gasteiger partial charge on any atom is 0.411 e. The van der Waals surface area contributed by atoms with Gasteiger partial charge in [-0.25, -0.2) is 9.59 Å². The molecule has 2 aromatic carbocycles. The Morgan fingerprint density at radius 3 is 2.35 bits per heavy atom. The first-order valence-electron chi connectivity index (χ1n) is 11.3. The number of fused-ring (bicyclic) bond motifs is 3. The van der Waals surface area contributed by atoms with Gasteiger partial charge in [-0.15, -0.1) is 0 Å². The van der Waals surface area contributed by atoms with Crippen molar-refractivity contribution in [2.45, 2.75) is 31.2 Å². The molecule has 0 saturated carbocycles. The summed E-state index contributed by atoms with van der Waals surface area (Å²) in [6.07, 6.45) is 2.41. The highest BCUT2D eigenvalue weighted by Crippen LogP contribution is 2.44. The molecule has 174 valence electrons. The monoisotopic (exact) mass is 460 g/mol. The topological polar surface area (TPSA) is 109 Å². The molecule has 1 fully saturated rings. The van der Waals surface area contributed by atoms with Crippen LogP contribution in [0.2, 0.25) is 0 Å². The molecule has 0 radical (unpaired) electrons. The summed E-state index contributed by atoms with van der Waals surface area (Å²) < 4.78 is 10.9. The molecular weight excluding hydrogens is 436 g/mol. The second-order valence-corrected chi connectivity index (χ2v) is 8.46. The van der Waals surface area contributed by atoms with E-state index < -0.39 is 24.0 Å². The van der Waals surface area contributed by atoms with Crippen molar-refractivity contribution in [3.8, 4) is 11.1 Å². The Balaban J connectivity index is 1.28. The number of hydrogen-bond donors (Lipinski definition) is 2. The predicted octanol–water partition coefficient (Wildman–Crippen LogP) is 4.72. The van der Waals surface area contributed by atoms with Gasteiger partial charge in [0.15, 0.2) is 0 Å². The van der Waals surface area contributed by atoms with E-state index in [-0.39, 0.29) is 24.0 Å². The van der Waals surface area contributed by atoms with Crippen molar-refractivity contribution in [3.05, 3.63) is 77.7 Å². The molecule has 5 rings (SSSR count). The van der Waals surface area contributed by atoms with E-state index in [2.05, 4.69) is 17.4 Å². The molecule has 0 bridgehead atoms. The minimum atomic E-state index is -1.05. The lowest BCUT2D eigenvalue weighted by molar-refractivity contribution is -0.143. The minimum absolute atomic E-state index is 0.0896. The Kier molecular flexibility index (Phi) is 5.79. The second kappa shape index (κ2) is 9.05. The summed E-state index contributed by atoms with van der Waals surface area (Å²) in [7, 11) is 0. The smallest absolute Gasteiger partial charge is 0.411 e. The number of carboxylic acid groups (broad SMARTS) is 1. The number of nitrogens with zero attached hydrogens (tertiary/aromatic N) is 1. The minimum Gasteiger partial charge on any atom is -0.480 e. The van der Waals surface area contributed by atoms with E-state index in [4.69, 9.17) is 9.15 Å². The van der Waals surface area contributed by atoms with E-state index in [1.165, 1.54) is 17.2 Å². The van der Waals surface area contributed by atoms with Gasteiger partial charge in [-0.2, -0.15) is 0 Å². The number of anilines is 1. The first-order chi connectivity index (χ1) is 16.5. The molecule has 2 N–H and O–H groups in total. The predicted molar refractivity (Wildman–Crippen MR) is 124 cm³/mol. The number of rotatable bonds is 5. The van der Waals surface area contributed by atoms with E-state index in [0.717, 1.165) is 28.7 Å². The molecule has 2 heterocycles. The van der Waals surface area contributed by atoms with Crippen molar-refractivity contribution >= 4 is 23.7 Å². The molecule has 1 atom stereocenters. The summed E-state index contributed by atoms with van der Waals surface area (Å²) in [6, 6.07) is 16.6. The van der Waals surface area contributed by atoms with Crippen LogP contribution in [-0.4, -0.2) is 47.2 Å². The molecule has 1 saturated heterocycles. The van der Waals surface area contributed by atoms with Crippen LogP contribution in [0, 0.1) is 0 Å². The van der Waals surface area contributed by atoms with E-state index in [9.17, 15) is 19.5 Å². The molecule has 1 aliphatic heterocycles. The van der Waals surface area contributed by atoms with Gasteiger partial charge in [0.2, 0.25) is 5.76 Å². The highest BCUT2D eigenvalue weighted by atomic mass is 16.5. The number of carboxylic acids is 1. The van der Waals surface area contributed by atoms with Crippen LogP contribution in [0.3, 0.4) is 0 Å². The highest BCUT2D eigenvalue weighted by molar-refractivity contribution is 6.01. The lowest BCUT2D eigenvalue weighted by Gasteiger charge is -2.32. The molecule has 8 heteroatoms. The van der Waals surface area contributed by atoms with Crippen molar-refractivity contribution in [1.29, 1.82) is 0 Å². The summed E-state index contributed by atoms with van der Waals surface area (Å²) in [4.78, 5) is 38.5. The van der Waals surface area contributed by atoms with Crippen molar-refractivity contribution in [2.75, 3.05) is 18.5 Å². The van der Waals surface area contributed by atoms with Gasteiger partial charge in [-0.05, 0) is 41.5 Å². The van der Waals surface area contributed by atoms with Crippen LogP contribution in [0.4, 0.5) is 10.5 Å². The fraction of sp³-hybridized carbons (Fsp3) is 0.269. The molecular formula is C26H24N2O6. The lowest BCUT2D eigenvalue weighted by Crippen LogP contribution is -2.48. The third-order valence-corrected chi connectivity index (χ3v) is 6.49. The maximum atomic E-state index is 13.0. The Hall–Kier alpha value is -4.07. The number of nitrogens with one attached hydrogen (secondary N) is 1. The summed E-state index contributed by atoms with van der Waals surface area (Å²) in [5.41, 5.74) is 4.60. The van der Waals surface area contributed by atoms with Crippen LogP contribution >= 0.6 is 0 Å². The summed E-state index contributed by atoms with van der Waals surface area (Å²) >= 11 is 0. The van der Waals surface area contributed by atoms with Crippen LogP contribution in [0.1, 0.15) is 46.9 Å². The first-order valence-corrected chi connectivity index (χ1v) is 11.3. The van der Waals surface area contributed by atoms with Crippen molar-refractivity contribution in [3.63, 3.8) is 0 Å². The number of piperidine rings is 1. The molecule has 2 aliphatic rings. The maximum absolute atomic E-state index is 13.0. The van der Waals surface area contributed by atoms with Crippen LogP contribution in [0.15, 0.2) is 65.3 Å². The van der Waals surface area contributed by atoms with E-state index in [1.807, 2.05) is 36.4 Å². The normalized spacial score (nSPS) is 17.1. The Morgan fingerprint density at radius 2 is 1.68 bits per heavy atom. The third kappa shape index (κ3) is 3.91. The van der Waals surface area contributed by atoms with Gasteiger partial charge in [0, 0.05) is 18.5 Å². The Labute approximate surface area is 196 Å². The molecule has 34 heavy (non-hydrogen) atoms. The molecule has 2 amide bonds. The molecule has 1 aromatic heterocycles. The van der Waals surface area contributed by atoms with Crippen molar-refractivity contribution in [1.82, 2.24) is 4.90 Å². The fourth-order valence-corrected chi connectivity index (χ4v) is 4.88. The van der Waals surface area contributed by atoms with Gasteiger partial charge >= 0.3 is 12.1 Å². The SMILES string of the molecule is O=C(Nc1ccoc1C(=O)N1CCCC[C@@H]1C(=O)O)OCC1c2ccccc2-c2ccccc21. The van der Waals surface area contributed by atoms with Gasteiger partial charge in [0.25, 0.3) is 5.91 Å². The lowest BCUT2D eigenvalue weighted by atomic mass is 9.98. The highest BCUT2D eigenvalue weighted by Gasteiger charge is 2.35. The second-order valence-electron chi connectivity index (χ2n) is 8.46. The summed E-state index contributed by atoms with van der Waals surface area (Å²) in [6.45, 7) is 0.453. The van der Waals surface area contributed by atoms with Crippen LogP contribution in [-0.2, 0) is 9.53 Å². The molecule has 8 nitrogen and oxygen atoms in total. The standard InChI is InChI=1S/C26H24N2O6/c29-24(28-13-6-5-11-22(28)25(30)31)23-21(12-14-33-23)27-26(32)34-15-20-18-9-3-1-7-16(18)17-8-2-4-10-19(17)20/h1-4,7-10,12,14,20,22H,5-6,11,13,15H2,(H,27,32)(H,30,31)/t22-/m1/s1. The number of likely N-dealkylation sites (tertiary alicyclic amines) is 1. The number of furan rings is 1. The van der Waals surface area contributed by atoms with E-state index >= 15 is 0 Å². The van der Waals surface area contributed by atoms with Crippen LogP contribution in [0.25, 0.3) is 11.1 Å². The van der Waals surface area contributed by atoms with E-state index in [0.29, 0.717) is 19.4 Å². The van der Waals surface area contributed by atoms with Gasteiger partial charge in [0.05, 0.1) is 12.0 Å². The molecule has 0 spiro atoms. The zero-order chi connectivity index (χ0) is 23.7. The zero-order valence-electron chi connectivity index (χ0n) is 18.4. The van der Waals surface area contributed by atoms with Gasteiger partial charge in [-0.1, -0.05) is 48.5 Å². The Morgan fingerprint density at radius 1 is 1.00 bits per heavy atom. The molecule has 1 aliphatic carbocycles. The first kappa shape index (κ1) is 21.8. The third-order valence-electron chi connectivity index (χ3n) is 6.49. The van der Waals surface area contributed by atoms with Gasteiger partial charge < -0.3 is 19.2 Å². The van der Waals surface area contributed by atoms with Crippen LogP contribution in [0.5, 0.6) is 0 Å². The van der Waals surface area contributed by atoms with Crippen molar-refractivity contribution < 1.29 is 28.6 Å². The van der Waals surface area contributed by atoms with Gasteiger partial charge in [0.1, 0.15) is 12.6 Å². The average molecular weight is 460 g/mol. The summed E-state index contributed by atoms with van der Waals surface area (Å²) in [5, 5.41) is 12.0. The number of amides is 2. The number of hydrogen-bond acceptors (Lipinski definition) is 5. The molecule has 3 aromatic rings. The fourth-order valence-electron chi connectivity index (χ4n) is 4.88. The largest absolute Gasteiger partial charge is 0.480 e. The number of benzene rings is 2. The number of carbonyl (C=O) groups excluding carboxylic acids is 2. The zero-order valence-corrected chi connectivity index (χ0v) is 18.4.